The summed E-state index contributed by atoms with van der Waals surface area (Å²) >= 11 is 0. The predicted octanol–water partition coefficient (Wildman–Crippen LogP) is 0.995. The van der Waals surface area contributed by atoms with Crippen LogP contribution >= 0.6 is 0 Å². The van der Waals surface area contributed by atoms with Gasteiger partial charge in [-0.05, 0) is 31.4 Å². The van der Waals surface area contributed by atoms with E-state index >= 15 is 0 Å². The summed E-state index contributed by atoms with van der Waals surface area (Å²) in [5.41, 5.74) is 0.215. The zero-order valence-corrected chi connectivity index (χ0v) is 10.1. The molecule has 3 atom stereocenters. The van der Waals surface area contributed by atoms with Crippen LogP contribution in [0.3, 0.4) is 0 Å². The molecule has 6 nitrogen and oxygen atoms in total. The van der Waals surface area contributed by atoms with Gasteiger partial charge >= 0.3 is 5.97 Å². The number of methoxy groups -OCH3 is 1. The van der Waals surface area contributed by atoms with Gasteiger partial charge in [0.15, 0.2) is 5.69 Å². The summed E-state index contributed by atoms with van der Waals surface area (Å²) in [6.07, 6.45) is 3.98. The third-order valence-corrected chi connectivity index (χ3v) is 3.50. The molecular weight excluding hydrogens is 234 g/mol. The summed E-state index contributed by atoms with van der Waals surface area (Å²) in [6.45, 7) is 0. The summed E-state index contributed by atoms with van der Waals surface area (Å²) in [7, 11) is 1.32. The fraction of sp³-hybridized carbons (Fsp3) is 0.583. The van der Waals surface area contributed by atoms with Crippen LogP contribution in [0.25, 0.3) is 0 Å². The first kappa shape index (κ1) is 11.4. The van der Waals surface area contributed by atoms with Crippen LogP contribution < -0.4 is 5.32 Å². The molecule has 0 radical (unpaired) electrons. The topological polar surface area (TPSA) is 73.3 Å². The molecule has 0 saturated carbocycles. The van der Waals surface area contributed by atoms with E-state index in [9.17, 15) is 4.79 Å². The van der Waals surface area contributed by atoms with E-state index in [1.807, 2.05) is 0 Å². The molecule has 2 saturated heterocycles. The fourth-order valence-electron chi connectivity index (χ4n) is 2.60. The Labute approximate surface area is 105 Å². The van der Waals surface area contributed by atoms with Crippen molar-refractivity contribution in [3.8, 4) is 0 Å². The van der Waals surface area contributed by atoms with Gasteiger partial charge in [0.25, 0.3) is 0 Å². The monoisotopic (exact) mass is 249 g/mol. The molecule has 0 aliphatic carbocycles. The van der Waals surface area contributed by atoms with Gasteiger partial charge in [-0.15, -0.1) is 10.2 Å². The molecule has 96 valence electrons. The number of carbonyl (C=O) groups excluding carboxylic acids is 1. The smallest absolute Gasteiger partial charge is 0.358 e. The van der Waals surface area contributed by atoms with E-state index in [2.05, 4.69) is 20.3 Å². The summed E-state index contributed by atoms with van der Waals surface area (Å²) in [6, 6.07) is 3.66. The lowest BCUT2D eigenvalue weighted by atomic mass is 9.95. The van der Waals surface area contributed by atoms with E-state index in [1.54, 1.807) is 12.1 Å². The normalized spacial score (nSPS) is 29.3. The van der Waals surface area contributed by atoms with Gasteiger partial charge in [-0.2, -0.15) is 0 Å². The van der Waals surface area contributed by atoms with E-state index in [0.717, 1.165) is 19.3 Å². The van der Waals surface area contributed by atoms with Gasteiger partial charge in [0.1, 0.15) is 5.82 Å². The minimum absolute atomic E-state index is 0.215. The first-order valence-electron chi connectivity index (χ1n) is 6.10. The van der Waals surface area contributed by atoms with Crippen LogP contribution in [0.2, 0.25) is 0 Å². The highest BCUT2D eigenvalue weighted by atomic mass is 16.5. The number of nitrogens with one attached hydrogen (secondary N) is 1. The third-order valence-electron chi connectivity index (χ3n) is 3.50. The molecule has 0 amide bonds. The summed E-state index contributed by atoms with van der Waals surface area (Å²) in [5, 5.41) is 11.1. The van der Waals surface area contributed by atoms with Gasteiger partial charge < -0.3 is 14.8 Å². The standard InChI is InChI=1S/C12H15N3O3/c1-17-12(16)8-3-5-11(15-14-8)13-9-6-7-2-4-10(9)18-7/h3,5,7,9-10H,2,4,6H2,1H3,(H,13,15). The lowest BCUT2D eigenvalue weighted by molar-refractivity contribution is 0.0592. The number of nitrogens with zero attached hydrogens (tertiary/aromatic N) is 2. The van der Waals surface area contributed by atoms with Crippen LogP contribution in [0.15, 0.2) is 12.1 Å². The molecule has 2 bridgehead atoms. The highest BCUT2D eigenvalue weighted by Gasteiger charge is 2.40. The molecule has 6 heteroatoms. The molecule has 18 heavy (non-hydrogen) atoms. The Kier molecular flexibility index (Phi) is 2.87. The average molecular weight is 249 g/mol. The van der Waals surface area contributed by atoms with E-state index in [-0.39, 0.29) is 11.8 Å². The fourth-order valence-corrected chi connectivity index (χ4v) is 2.60. The van der Waals surface area contributed by atoms with Crippen molar-refractivity contribution in [2.75, 3.05) is 12.4 Å². The quantitative estimate of drug-likeness (QED) is 0.805. The Balaban J connectivity index is 1.65. The number of aromatic nitrogens is 2. The first-order valence-corrected chi connectivity index (χ1v) is 6.10. The molecule has 2 aliphatic heterocycles. The molecule has 2 aliphatic rings. The van der Waals surface area contributed by atoms with Crippen molar-refractivity contribution in [1.82, 2.24) is 10.2 Å². The first-order chi connectivity index (χ1) is 8.76. The predicted molar refractivity (Wildman–Crippen MR) is 63.3 cm³/mol. The van der Waals surface area contributed by atoms with Crippen molar-refractivity contribution in [1.29, 1.82) is 0 Å². The molecule has 2 fully saturated rings. The second-order valence-electron chi connectivity index (χ2n) is 4.66. The lowest BCUT2D eigenvalue weighted by Gasteiger charge is -2.20. The Hall–Kier alpha value is -1.69. The molecule has 0 spiro atoms. The van der Waals surface area contributed by atoms with Crippen molar-refractivity contribution in [3.05, 3.63) is 17.8 Å². The van der Waals surface area contributed by atoms with Gasteiger partial charge in [-0.25, -0.2) is 4.79 Å². The molecule has 0 aromatic carbocycles. The third kappa shape index (κ3) is 2.03. The zero-order valence-electron chi connectivity index (χ0n) is 10.1. The van der Waals surface area contributed by atoms with E-state index in [4.69, 9.17) is 4.74 Å². The Morgan fingerprint density at radius 1 is 1.44 bits per heavy atom. The van der Waals surface area contributed by atoms with Crippen molar-refractivity contribution in [3.63, 3.8) is 0 Å². The van der Waals surface area contributed by atoms with Crippen molar-refractivity contribution in [2.24, 2.45) is 0 Å². The molecule has 3 heterocycles. The Morgan fingerprint density at radius 3 is 2.89 bits per heavy atom. The number of fused-ring (bicyclic) bond motifs is 2. The van der Waals surface area contributed by atoms with Crippen molar-refractivity contribution in [2.45, 2.75) is 37.5 Å². The Bertz CT molecular complexity index is 448. The number of carbonyl (C=O) groups is 1. The molecule has 3 rings (SSSR count). The van der Waals surface area contributed by atoms with Crippen LogP contribution in [-0.2, 0) is 9.47 Å². The highest BCUT2D eigenvalue weighted by molar-refractivity contribution is 5.86. The second kappa shape index (κ2) is 4.53. The number of hydrogen-bond donors (Lipinski definition) is 1. The van der Waals surface area contributed by atoms with Crippen LogP contribution in [0.4, 0.5) is 5.82 Å². The van der Waals surface area contributed by atoms with Gasteiger partial charge in [-0.3, -0.25) is 0 Å². The number of esters is 1. The summed E-state index contributed by atoms with van der Waals surface area (Å²) in [4.78, 5) is 11.2. The van der Waals surface area contributed by atoms with Crippen LogP contribution in [-0.4, -0.2) is 41.5 Å². The number of ether oxygens (including phenoxy) is 2. The van der Waals surface area contributed by atoms with Crippen LogP contribution in [0.1, 0.15) is 29.8 Å². The minimum atomic E-state index is -0.475. The van der Waals surface area contributed by atoms with Gasteiger partial charge in [0.2, 0.25) is 0 Å². The molecule has 1 aromatic heterocycles. The maximum absolute atomic E-state index is 11.2. The second-order valence-corrected chi connectivity index (χ2v) is 4.66. The average Bonchev–Trinajstić information content (AvgIpc) is 3.01. The minimum Gasteiger partial charge on any atom is -0.464 e. The van der Waals surface area contributed by atoms with Crippen LogP contribution in [0.5, 0.6) is 0 Å². The summed E-state index contributed by atoms with van der Waals surface area (Å²) in [5.74, 6) is 0.195. The maximum atomic E-state index is 11.2. The van der Waals surface area contributed by atoms with Crippen molar-refractivity contribution < 1.29 is 14.3 Å². The molecule has 1 N–H and O–H groups in total. The molecule has 3 unspecified atom stereocenters. The number of hydrogen-bond acceptors (Lipinski definition) is 6. The lowest BCUT2D eigenvalue weighted by Crippen LogP contribution is -2.30. The van der Waals surface area contributed by atoms with E-state index in [1.165, 1.54) is 7.11 Å². The Morgan fingerprint density at radius 2 is 2.33 bits per heavy atom. The van der Waals surface area contributed by atoms with Crippen molar-refractivity contribution >= 4 is 11.8 Å². The maximum Gasteiger partial charge on any atom is 0.358 e. The number of anilines is 1. The molecular formula is C12H15N3O3. The summed E-state index contributed by atoms with van der Waals surface area (Å²) < 4.78 is 10.3. The van der Waals surface area contributed by atoms with Gasteiger partial charge in [-0.1, -0.05) is 0 Å². The largest absolute Gasteiger partial charge is 0.464 e. The number of rotatable bonds is 3. The van der Waals surface area contributed by atoms with Gasteiger partial charge in [0.05, 0.1) is 25.4 Å². The van der Waals surface area contributed by atoms with E-state index < -0.39 is 5.97 Å². The van der Waals surface area contributed by atoms with Gasteiger partial charge in [0, 0.05) is 0 Å². The van der Waals surface area contributed by atoms with E-state index in [0.29, 0.717) is 18.0 Å². The molecule has 1 aromatic rings. The highest BCUT2D eigenvalue weighted by Crippen LogP contribution is 2.35. The zero-order chi connectivity index (χ0) is 12.5. The van der Waals surface area contributed by atoms with Crippen LogP contribution in [0, 0.1) is 0 Å². The SMILES string of the molecule is COC(=O)c1ccc(NC2CC3CCC2O3)nn1.